The molecule has 0 saturated heterocycles. The summed E-state index contributed by atoms with van der Waals surface area (Å²) in [5.41, 5.74) is 1.81. The number of aromatic nitrogens is 1. The Morgan fingerprint density at radius 1 is 1.47 bits per heavy atom. The van der Waals surface area contributed by atoms with E-state index in [1.807, 2.05) is 32.3 Å². The predicted molar refractivity (Wildman–Crippen MR) is 76.5 cm³/mol. The molecule has 0 spiro atoms. The fraction of sp³-hybridized carbons (Fsp3) is 0.385. The van der Waals surface area contributed by atoms with E-state index in [9.17, 15) is 4.79 Å². The first-order chi connectivity index (χ1) is 9.10. The Kier molecular flexibility index (Phi) is 4.34. The van der Waals surface area contributed by atoms with E-state index in [1.165, 1.54) is 11.3 Å². The van der Waals surface area contributed by atoms with Crippen molar-refractivity contribution in [3.63, 3.8) is 0 Å². The van der Waals surface area contributed by atoms with Gasteiger partial charge in [-0.2, -0.15) is 0 Å². The molecule has 0 atom stereocenters. The van der Waals surface area contributed by atoms with Crippen molar-refractivity contribution >= 4 is 22.4 Å². The number of nitrogens with one attached hydrogen (secondary N) is 2. The second-order valence-electron chi connectivity index (χ2n) is 4.27. The van der Waals surface area contributed by atoms with Crippen LogP contribution in [-0.4, -0.2) is 24.5 Å². The summed E-state index contributed by atoms with van der Waals surface area (Å²) in [7, 11) is 1.82. The quantitative estimate of drug-likeness (QED) is 0.882. The summed E-state index contributed by atoms with van der Waals surface area (Å²) in [4.78, 5) is 16.0. The van der Waals surface area contributed by atoms with Gasteiger partial charge in [0, 0.05) is 23.9 Å². The molecule has 2 rings (SSSR count). The summed E-state index contributed by atoms with van der Waals surface area (Å²) in [6.45, 7) is 4.47. The maximum Gasteiger partial charge on any atom is 0.227 e. The van der Waals surface area contributed by atoms with Crippen molar-refractivity contribution in [2.45, 2.75) is 20.3 Å². The molecule has 2 N–H and O–H groups in total. The first kappa shape index (κ1) is 13.8. The number of rotatable bonds is 5. The third kappa shape index (κ3) is 3.42. The molecule has 1 amide bonds. The first-order valence-corrected chi connectivity index (χ1v) is 6.95. The molecule has 19 heavy (non-hydrogen) atoms. The van der Waals surface area contributed by atoms with Crippen LogP contribution in [0.25, 0.3) is 11.3 Å². The number of furan rings is 1. The van der Waals surface area contributed by atoms with Crippen LogP contribution in [0.2, 0.25) is 0 Å². The van der Waals surface area contributed by atoms with Crippen LogP contribution in [0.1, 0.15) is 17.9 Å². The summed E-state index contributed by atoms with van der Waals surface area (Å²) < 4.78 is 5.48. The summed E-state index contributed by atoms with van der Waals surface area (Å²) in [5.74, 6) is 1.67. The number of nitrogens with zero attached hydrogens (tertiary/aromatic N) is 1. The van der Waals surface area contributed by atoms with Crippen LogP contribution in [-0.2, 0) is 4.79 Å². The van der Waals surface area contributed by atoms with Crippen LogP contribution in [0.3, 0.4) is 0 Å². The number of aryl methyl sites for hydroxylation is 2. The van der Waals surface area contributed by atoms with Crippen LogP contribution < -0.4 is 10.6 Å². The van der Waals surface area contributed by atoms with Crippen LogP contribution in [0, 0.1) is 13.8 Å². The minimum atomic E-state index is -0.0321. The lowest BCUT2D eigenvalue weighted by molar-refractivity contribution is -0.116. The van der Waals surface area contributed by atoms with Crippen molar-refractivity contribution in [2.75, 3.05) is 18.9 Å². The molecule has 102 valence electrons. The lowest BCUT2D eigenvalue weighted by Gasteiger charge is -2.00. The van der Waals surface area contributed by atoms with Crippen LogP contribution in [0.5, 0.6) is 0 Å². The van der Waals surface area contributed by atoms with E-state index >= 15 is 0 Å². The zero-order valence-electron chi connectivity index (χ0n) is 11.2. The van der Waals surface area contributed by atoms with Crippen molar-refractivity contribution in [2.24, 2.45) is 0 Å². The number of amides is 1. The summed E-state index contributed by atoms with van der Waals surface area (Å²) in [6, 6.07) is 1.96. The van der Waals surface area contributed by atoms with Crippen molar-refractivity contribution in [3.8, 4) is 11.3 Å². The minimum Gasteiger partial charge on any atom is -0.466 e. The maximum atomic E-state index is 11.6. The van der Waals surface area contributed by atoms with E-state index < -0.39 is 0 Å². The summed E-state index contributed by atoms with van der Waals surface area (Å²) in [6.07, 6.45) is 0.440. The van der Waals surface area contributed by atoms with Gasteiger partial charge in [-0.1, -0.05) is 0 Å². The molecule has 2 aromatic heterocycles. The molecular weight excluding hydrogens is 262 g/mol. The van der Waals surface area contributed by atoms with Gasteiger partial charge in [-0.3, -0.25) is 4.79 Å². The minimum absolute atomic E-state index is 0.0321. The molecule has 0 unspecified atom stereocenters. The third-order valence-corrected chi connectivity index (χ3v) is 3.43. The predicted octanol–water partition coefficient (Wildman–Crippen LogP) is 2.57. The molecule has 0 aromatic carbocycles. The van der Waals surface area contributed by atoms with Gasteiger partial charge in [-0.15, -0.1) is 11.3 Å². The van der Waals surface area contributed by atoms with E-state index in [2.05, 4.69) is 15.6 Å². The van der Waals surface area contributed by atoms with Gasteiger partial charge >= 0.3 is 0 Å². The monoisotopic (exact) mass is 279 g/mol. The van der Waals surface area contributed by atoms with E-state index in [-0.39, 0.29) is 5.91 Å². The lowest BCUT2D eigenvalue weighted by atomic mass is 10.2. The molecule has 6 heteroatoms. The Morgan fingerprint density at radius 3 is 2.89 bits per heavy atom. The van der Waals surface area contributed by atoms with Gasteiger partial charge in [0.2, 0.25) is 5.91 Å². The molecule has 0 aliphatic heterocycles. The standard InChI is InChI=1S/C13H17N3O2S/c1-8-6-10(9(2)18-8)11-7-19-13(15-11)16-12(17)4-5-14-3/h6-7,14H,4-5H2,1-3H3,(H,15,16,17). The molecule has 0 fully saturated rings. The highest BCUT2D eigenvalue weighted by atomic mass is 32.1. The Balaban J connectivity index is 2.07. The topological polar surface area (TPSA) is 67.2 Å². The van der Waals surface area contributed by atoms with Gasteiger partial charge in [-0.05, 0) is 27.0 Å². The third-order valence-electron chi connectivity index (χ3n) is 2.67. The largest absolute Gasteiger partial charge is 0.466 e. The molecule has 0 radical (unpaired) electrons. The zero-order chi connectivity index (χ0) is 13.8. The van der Waals surface area contributed by atoms with Crippen molar-refractivity contribution in [1.29, 1.82) is 0 Å². The Labute approximate surface area is 116 Å². The van der Waals surface area contributed by atoms with Gasteiger partial charge in [0.05, 0.1) is 5.69 Å². The molecule has 0 aliphatic carbocycles. The fourth-order valence-corrected chi connectivity index (χ4v) is 2.49. The Bertz CT molecular complexity index is 574. The number of anilines is 1. The van der Waals surface area contributed by atoms with Crippen molar-refractivity contribution < 1.29 is 9.21 Å². The molecule has 2 heterocycles. The normalized spacial score (nSPS) is 10.7. The van der Waals surface area contributed by atoms with E-state index in [4.69, 9.17) is 4.42 Å². The van der Waals surface area contributed by atoms with Crippen LogP contribution in [0.15, 0.2) is 15.9 Å². The first-order valence-electron chi connectivity index (χ1n) is 6.07. The van der Waals surface area contributed by atoms with Crippen molar-refractivity contribution in [1.82, 2.24) is 10.3 Å². The molecule has 0 bridgehead atoms. The summed E-state index contributed by atoms with van der Waals surface area (Å²) >= 11 is 1.42. The number of carbonyl (C=O) groups excluding carboxylic acids is 1. The molecule has 0 aliphatic rings. The molecular formula is C13H17N3O2S. The number of hydrogen-bond acceptors (Lipinski definition) is 5. The Hall–Kier alpha value is -1.66. The number of carbonyl (C=O) groups is 1. The Morgan fingerprint density at radius 2 is 2.26 bits per heavy atom. The van der Waals surface area contributed by atoms with Gasteiger partial charge in [0.1, 0.15) is 11.5 Å². The highest BCUT2D eigenvalue weighted by molar-refractivity contribution is 7.14. The van der Waals surface area contributed by atoms with Gasteiger partial charge < -0.3 is 15.1 Å². The van der Waals surface area contributed by atoms with Crippen LogP contribution >= 0.6 is 11.3 Å². The van der Waals surface area contributed by atoms with E-state index in [0.717, 1.165) is 22.8 Å². The highest BCUT2D eigenvalue weighted by Gasteiger charge is 2.12. The summed E-state index contributed by atoms with van der Waals surface area (Å²) in [5, 5.41) is 8.27. The zero-order valence-corrected chi connectivity index (χ0v) is 12.1. The molecule has 5 nitrogen and oxygen atoms in total. The second kappa shape index (κ2) is 5.99. The SMILES string of the molecule is CNCCC(=O)Nc1nc(-c2cc(C)oc2C)cs1. The van der Waals surface area contributed by atoms with Crippen LogP contribution in [0.4, 0.5) is 5.13 Å². The smallest absolute Gasteiger partial charge is 0.227 e. The maximum absolute atomic E-state index is 11.6. The van der Waals surface area contributed by atoms with Gasteiger partial charge in [0.15, 0.2) is 5.13 Å². The molecule has 2 aromatic rings. The highest BCUT2D eigenvalue weighted by Crippen LogP contribution is 2.29. The average Bonchev–Trinajstić information content (AvgIpc) is 2.93. The van der Waals surface area contributed by atoms with Crippen molar-refractivity contribution in [3.05, 3.63) is 23.0 Å². The second-order valence-corrected chi connectivity index (χ2v) is 5.12. The number of hydrogen-bond donors (Lipinski definition) is 2. The number of thiazole rings is 1. The van der Waals surface area contributed by atoms with Gasteiger partial charge in [-0.25, -0.2) is 4.98 Å². The fourth-order valence-electron chi connectivity index (χ4n) is 1.76. The van der Waals surface area contributed by atoms with E-state index in [0.29, 0.717) is 18.1 Å². The lowest BCUT2D eigenvalue weighted by Crippen LogP contribution is -2.18. The molecule has 0 saturated carbocycles. The van der Waals surface area contributed by atoms with E-state index in [1.54, 1.807) is 0 Å². The van der Waals surface area contributed by atoms with Gasteiger partial charge in [0.25, 0.3) is 0 Å². The average molecular weight is 279 g/mol.